The molecule has 90 valence electrons. The topological polar surface area (TPSA) is 41.1 Å². The quantitative estimate of drug-likeness (QED) is 0.804. The van der Waals surface area contributed by atoms with Crippen molar-refractivity contribution in [3.8, 4) is 0 Å². The summed E-state index contributed by atoms with van der Waals surface area (Å²) in [6.45, 7) is 6.76. The third-order valence-corrected chi connectivity index (χ3v) is 1.95. The van der Waals surface area contributed by atoms with Crippen LogP contribution in [0, 0.1) is 0 Å². The molecule has 0 bridgehead atoms. The zero-order chi connectivity index (χ0) is 12.4. The maximum atomic E-state index is 10.7. The largest absolute Gasteiger partial charge is 0.388 e. The average Bonchev–Trinajstić information content (AvgIpc) is 2.32. The van der Waals surface area contributed by atoms with Gasteiger partial charge in [0.1, 0.15) is 5.78 Å². The Balaban J connectivity index is 0.00000106. The predicted octanol–water partition coefficient (Wildman–Crippen LogP) is 2.43. The molecule has 0 aliphatic rings. The number of anilines is 1. The van der Waals surface area contributed by atoms with E-state index in [4.69, 9.17) is 0 Å². The summed E-state index contributed by atoms with van der Waals surface area (Å²) >= 11 is 0. The predicted molar refractivity (Wildman–Crippen MR) is 69.7 cm³/mol. The van der Waals surface area contributed by atoms with Gasteiger partial charge in [-0.15, -0.1) is 0 Å². The molecule has 0 amide bonds. The van der Waals surface area contributed by atoms with Crippen molar-refractivity contribution in [3.05, 3.63) is 29.8 Å². The fraction of sp³-hybridized carbons (Fsp3) is 0.462. The van der Waals surface area contributed by atoms with E-state index in [9.17, 15) is 4.79 Å². The molecule has 1 aromatic carbocycles. The van der Waals surface area contributed by atoms with Crippen LogP contribution in [0.3, 0.4) is 0 Å². The van der Waals surface area contributed by atoms with Gasteiger partial charge in [0, 0.05) is 19.3 Å². The minimum absolute atomic E-state index is 0.164. The first-order chi connectivity index (χ1) is 7.72. The summed E-state index contributed by atoms with van der Waals surface area (Å²) in [5, 5.41) is 6.12. The van der Waals surface area contributed by atoms with Crippen LogP contribution in [0.5, 0.6) is 0 Å². The minimum Gasteiger partial charge on any atom is -0.388 e. The molecule has 0 unspecified atom stereocenters. The summed E-state index contributed by atoms with van der Waals surface area (Å²) in [6.07, 6.45) is 0. The van der Waals surface area contributed by atoms with E-state index in [-0.39, 0.29) is 5.78 Å². The van der Waals surface area contributed by atoms with E-state index in [0.717, 1.165) is 12.2 Å². The molecule has 0 fully saturated rings. The number of nitrogens with one attached hydrogen (secondary N) is 2. The molecule has 1 rings (SSSR count). The molecule has 3 heteroatoms. The van der Waals surface area contributed by atoms with Gasteiger partial charge < -0.3 is 10.6 Å². The van der Waals surface area contributed by atoms with E-state index in [1.165, 1.54) is 5.56 Å². The number of carbonyl (C=O) groups is 1. The van der Waals surface area contributed by atoms with Crippen LogP contribution >= 0.6 is 0 Å². The Morgan fingerprint density at radius 3 is 2.19 bits per heavy atom. The van der Waals surface area contributed by atoms with Crippen molar-refractivity contribution in [1.29, 1.82) is 0 Å². The SMILES string of the molecule is CC.CNc1ccc(CNCC(C)=O)cc1. The van der Waals surface area contributed by atoms with Crippen LogP contribution in [0.1, 0.15) is 26.3 Å². The average molecular weight is 222 g/mol. The first-order valence-corrected chi connectivity index (χ1v) is 5.69. The number of hydrogen-bond donors (Lipinski definition) is 2. The van der Waals surface area contributed by atoms with Gasteiger partial charge in [-0.25, -0.2) is 0 Å². The second kappa shape index (κ2) is 8.92. The molecular weight excluding hydrogens is 200 g/mol. The minimum atomic E-state index is 0.164. The summed E-state index contributed by atoms with van der Waals surface area (Å²) in [5.74, 6) is 0.164. The lowest BCUT2D eigenvalue weighted by Gasteiger charge is -2.04. The molecule has 3 nitrogen and oxygen atoms in total. The van der Waals surface area contributed by atoms with Crippen molar-refractivity contribution >= 4 is 11.5 Å². The Morgan fingerprint density at radius 1 is 1.19 bits per heavy atom. The Morgan fingerprint density at radius 2 is 1.75 bits per heavy atom. The van der Waals surface area contributed by atoms with E-state index in [0.29, 0.717) is 6.54 Å². The number of Topliss-reactive ketones (excluding diaryl/α,β-unsaturated/α-hetero) is 1. The van der Waals surface area contributed by atoms with Crippen molar-refractivity contribution in [2.75, 3.05) is 18.9 Å². The van der Waals surface area contributed by atoms with E-state index >= 15 is 0 Å². The molecule has 0 aromatic heterocycles. The van der Waals surface area contributed by atoms with Crippen LogP contribution < -0.4 is 10.6 Å². The van der Waals surface area contributed by atoms with Crippen LogP contribution in [-0.2, 0) is 11.3 Å². The molecule has 16 heavy (non-hydrogen) atoms. The van der Waals surface area contributed by atoms with Crippen molar-refractivity contribution in [3.63, 3.8) is 0 Å². The molecule has 0 atom stereocenters. The molecule has 2 N–H and O–H groups in total. The second-order valence-electron chi connectivity index (χ2n) is 3.25. The van der Waals surface area contributed by atoms with Gasteiger partial charge in [0.2, 0.25) is 0 Å². The maximum absolute atomic E-state index is 10.7. The van der Waals surface area contributed by atoms with Gasteiger partial charge in [-0.2, -0.15) is 0 Å². The smallest absolute Gasteiger partial charge is 0.143 e. The first-order valence-electron chi connectivity index (χ1n) is 5.69. The Labute approximate surface area is 98.3 Å². The van der Waals surface area contributed by atoms with E-state index < -0.39 is 0 Å². The van der Waals surface area contributed by atoms with Gasteiger partial charge in [-0.05, 0) is 24.6 Å². The monoisotopic (exact) mass is 222 g/mol. The second-order valence-corrected chi connectivity index (χ2v) is 3.25. The zero-order valence-electron chi connectivity index (χ0n) is 10.6. The molecule has 0 saturated carbocycles. The number of benzene rings is 1. The Bertz CT molecular complexity index is 293. The van der Waals surface area contributed by atoms with Crippen LogP contribution in [0.4, 0.5) is 5.69 Å². The van der Waals surface area contributed by atoms with Crippen molar-refractivity contribution in [2.24, 2.45) is 0 Å². The highest BCUT2D eigenvalue weighted by Gasteiger charge is 1.94. The van der Waals surface area contributed by atoms with Gasteiger partial charge in [0.05, 0.1) is 6.54 Å². The van der Waals surface area contributed by atoms with Gasteiger partial charge >= 0.3 is 0 Å². The zero-order valence-corrected chi connectivity index (χ0v) is 10.6. The van der Waals surface area contributed by atoms with Gasteiger partial charge in [0.25, 0.3) is 0 Å². The summed E-state index contributed by atoms with van der Waals surface area (Å²) in [7, 11) is 1.89. The fourth-order valence-corrected chi connectivity index (χ4v) is 1.17. The van der Waals surface area contributed by atoms with Crippen molar-refractivity contribution < 1.29 is 4.79 Å². The molecular formula is C13H22N2O. The van der Waals surface area contributed by atoms with Gasteiger partial charge in [0.15, 0.2) is 0 Å². The summed E-state index contributed by atoms with van der Waals surface area (Å²) in [6, 6.07) is 8.12. The lowest BCUT2D eigenvalue weighted by Crippen LogP contribution is -2.20. The molecule has 0 spiro atoms. The van der Waals surface area contributed by atoms with Crippen LogP contribution in [0.25, 0.3) is 0 Å². The van der Waals surface area contributed by atoms with Gasteiger partial charge in [-0.3, -0.25) is 4.79 Å². The standard InChI is InChI=1S/C11H16N2O.C2H6/c1-9(14)7-13-8-10-3-5-11(12-2)6-4-10;1-2/h3-6,12-13H,7-8H2,1-2H3;1-2H3. The van der Waals surface area contributed by atoms with E-state index in [2.05, 4.69) is 10.6 Å². The Hall–Kier alpha value is -1.35. The lowest BCUT2D eigenvalue weighted by atomic mass is 10.2. The number of hydrogen-bond acceptors (Lipinski definition) is 3. The van der Waals surface area contributed by atoms with Crippen molar-refractivity contribution in [2.45, 2.75) is 27.3 Å². The van der Waals surface area contributed by atoms with Gasteiger partial charge in [-0.1, -0.05) is 26.0 Å². The molecule has 0 saturated heterocycles. The molecule has 0 radical (unpaired) electrons. The number of ketones is 1. The molecule has 1 aromatic rings. The van der Waals surface area contributed by atoms with Crippen LogP contribution in [0.15, 0.2) is 24.3 Å². The summed E-state index contributed by atoms with van der Waals surface area (Å²) in [4.78, 5) is 10.7. The maximum Gasteiger partial charge on any atom is 0.143 e. The lowest BCUT2D eigenvalue weighted by molar-refractivity contribution is -0.116. The third kappa shape index (κ3) is 6.19. The number of rotatable bonds is 5. The molecule has 0 aliphatic heterocycles. The fourth-order valence-electron chi connectivity index (χ4n) is 1.17. The summed E-state index contributed by atoms with van der Waals surface area (Å²) < 4.78 is 0. The molecule has 0 heterocycles. The first kappa shape index (κ1) is 14.6. The normalized spacial score (nSPS) is 9.00. The van der Waals surface area contributed by atoms with Crippen LogP contribution in [0.2, 0.25) is 0 Å². The number of carbonyl (C=O) groups excluding carboxylic acids is 1. The Kier molecular flexibility index (Phi) is 8.17. The highest BCUT2D eigenvalue weighted by atomic mass is 16.1. The third-order valence-electron chi connectivity index (χ3n) is 1.95. The van der Waals surface area contributed by atoms with E-state index in [1.807, 2.05) is 45.2 Å². The van der Waals surface area contributed by atoms with Crippen LogP contribution in [-0.4, -0.2) is 19.4 Å². The highest BCUT2D eigenvalue weighted by Crippen LogP contribution is 2.07. The molecule has 0 aliphatic carbocycles. The van der Waals surface area contributed by atoms with E-state index in [1.54, 1.807) is 6.92 Å². The highest BCUT2D eigenvalue weighted by molar-refractivity contribution is 5.77. The van der Waals surface area contributed by atoms with Crippen molar-refractivity contribution in [1.82, 2.24) is 5.32 Å². The summed E-state index contributed by atoms with van der Waals surface area (Å²) in [5.41, 5.74) is 2.28.